The van der Waals surface area contributed by atoms with E-state index in [0.29, 0.717) is 0 Å². The quantitative estimate of drug-likeness (QED) is 0.673. The van der Waals surface area contributed by atoms with E-state index in [1.807, 2.05) is 0 Å². The van der Waals surface area contributed by atoms with Gasteiger partial charge in [-0.3, -0.25) is 4.79 Å². The smallest absolute Gasteiger partial charge is 0.391 e. The highest BCUT2D eigenvalue weighted by atomic mass is 19.4. The van der Waals surface area contributed by atoms with Gasteiger partial charge in [0, 0.05) is 0 Å². The summed E-state index contributed by atoms with van der Waals surface area (Å²) in [5, 5.41) is 8.43. The van der Waals surface area contributed by atoms with Gasteiger partial charge in [0.15, 0.2) is 0 Å². The SMILES string of the molecule is O=C(O)[C@H]1CC[C@@H](C(F)(F)F)C1. The predicted molar refractivity (Wildman–Crippen MR) is 34.5 cm³/mol. The summed E-state index contributed by atoms with van der Waals surface area (Å²) in [6.45, 7) is 0. The molecule has 1 fully saturated rings. The van der Waals surface area contributed by atoms with Gasteiger partial charge in [-0.25, -0.2) is 0 Å². The van der Waals surface area contributed by atoms with Gasteiger partial charge in [-0.1, -0.05) is 0 Å². The zero-order valence-corrected chi connectivity index (χ0v) is 6.27. The molecule has 0 saturated heterocycles. The summed E-state index contributed by atoms with van der Waals surface area (Å²) >= 11 is 0. The lowest BCUT2D eigenvalue weighted by molar-refractivity contribution is -0.173. The van der Waals surface area contributed by atoms with Crippen molar-refractivity contribution in [3.05, 3.63) is 0 Å². The molecule has 0 amide bonds. The highest BCUT2D eigenvalue weighted by Gasteiger charge is 2.45. The average molecular weight is 182 g/mol. The number of hydrogen-bond donors (Lipinski definition) is 1. The maximum Gasteiger partial charge on any atom is 0.391 e. The van der Waals surface area contributed by atoms with Crippen LogP contribution in [0, 0.1) is 11.8 Å². The first-order valence-corrected chi connectivity index (χ1v) is 3.71. The predicted octanol–water partition coefficient (Wildman–Crippen LogP) is 2.05. The Hall–Kier alpha value is -0.740. The summed E-state index contributed by atoms with van der Waals surface area (Å²) in [5.41, 5.74) is 0. The monoisotopic (exact) mass is 182 g/mol. The highest BCUT2D eigenvalue weighted by Crippen LogP contribution is 2.41. The number of carbonyl (C=O) groups is 1. The second kappa shape index (κ2) is 2.95. The Morgan fingerprint density at radius 3 is 2.17 bits per heavy atom. The van der Waals surface area contributed by atoms with Gasteiger partial charge in [-0.05, 0) is 19.3 Å². The van der Waals surface area contributed by atoms with Crippen molar-refractivity contribution in [2.75, 3.05) is 0 Å². The fraction of sp³-hybridized carbons (Fsp3) is 0.857. The largest absolute Gasteiger partial charge is 0.481 e. The third-order valence-corrected chi connectivity index (χ3v) is 2.24. The molecule has 1 rings (SSSR count). The summed E-state index contributed by atoms with van der Waals surface area (Å²) in [7, 11) is 0. The molecule has 0 aliphatic heterocycles. The van der Waals surface area contributed by atoms with Crippen LogP contribution >= 0.6 is 0 Å². The molecule has 0 bridgehead atoms. The molecule has 0 unspecified atom stereocenters. The van der Waals surface area contributed by atoms with Gasteiger partial charge in [0.25, 0.3) is 0 Å². The number of carboxylic acid groups (broad SMARTS) is 1. The van der Waals surface area contributed by atoms with Crippen LogP contribution in [0.4, 0.5) is 13.2 Å². The first kappa shape index (κ1) is 9.35. The van der Waals surface area contributed by atoms with Gasteiger partial charge in [-0.2, -0.15) is 13.2 Å². The Balaban J connectivity index is 2.51. The van der Waals surface area contributed by atoms with E-state index in [1.54, 1.807) is 0 Å². The molecule has 5 heteroatoms. The van der Waals surface area contributed by atoms with Crippen LogP contribution in [0.3, 0.4) is 0 Å². The second-order valence-corrected chi connectivity index (χ2v) is 3.09. The molecule has 0 aromatic carbocycles. The van der Waals surface area contributed by atoms with Crippen LogP contribution in [0.5, 0.6) is 0 Å². The van der Waals surface area contributed by atoms with Crippen LogP contribution in [0.25, 0.3) is 0 Å². The van der Waals surface area contributed by atoms with E-state index < -0.39 is 24.0 Å². The minimum atomic E-state index is -4.22. The molecule has 0 heterocycles. The molecule has 1 aliphatic rings. The normalized spacial score (nSPS) is 30.6. The molecule has 1 saturated carbocycles. The summed E-state index contributed by atoms with van der Waals surface area (Å²) < 4.78 is 36.0. The molecule has 2 atom stereocenters. The lowest BCUT2D eigenvalue weighted by Gasteiger charge is -2.13. The van der Waals surface area contributed by atoms with E-state index in [2.05, 4.69) is 0 Å². The molecule has 0 radical (unpaired) electrons. The van der Waals surface area contributed by atoms with E-state index in [4.69, 9.17) is 5.11 Å². The molecule has 12 heavy (non-hydrogen) atoms. The van der Waals surface area contributed by atoms with Crippen molar-refractivity contribution in [1.29, 1.82) is 0 Å². The van der Waals surface area contributed by atoms with Crippen molar-refractivity contribution in [2.24, 2.45) is 11.8 Å². The van der Waals surface area contributed by atoms with Crippen LogP contribution in [-0.2, 0) is 4.79 Å². The third kappa shape index (κ3) is 1.89. The lowest BCUT2D eigenvalue weighted by Crippen LogP contribution is -2.21. The average Bonchev–Trinajstić information content (AvgIpc) is 2.30. The van der Waals surface area contributed by atoms with Crippen molar-refractivity contribution in [2.45, 2.75) is 25.4 Å². The van der Waals surface area contributed by atoms with Crippen molar-refractivity contribution >= 4 is 5.97 Å². The number of rotatable bonds is 1. The van der Waals surface area contributed by atoms with Gasteiger partial charge >= 0.3 is 12.1 Å². The maximum absolute atomic E-state index is 12.0. The van der Waals surface area contributed by atoms with E-state index in [9.17, 15) is 18.0 Å². The summed E-state index contributed by atoms with van der Waals surface area (Å²) in [6.07, 6.45) is -4.36. The lowest BCUT2D eigenvalue weighted by atomic mass is 10.1. The standard InChI is InChI=1S/C7H9F3O2/c8-7(9,10)5-2-1-4(3-5)6(11)12/h4-5H,1-3H2,(H,11,12)/t4-,5+/m0/s1. The second-order valence-electron chi connectivity index (χ2n) is 3.09. The molecule has 1 aliphatic carbocycles. The van der Waals surface area contributed by atoms with E-state index >= 15 is 0 Å². The van der Waals surface area contributed by atoms with Crippen molar-refractivity contribution in [3.63, 3.8) is 0 Å². The number of hydrogen-bond acceptors (Lipinski definition) is 1. The molecule has 0 aromatic rings. The Morgan fingerprint density at radius 2 is 1.92 bits per heavy atom. The zero-order chi connectivity index (χ0) is 9.35. The van der Waals surface area contributed by atoms with E-state index in [-0.39, 0.29) is 19.3 Å². The minimum absolute atomic E-state index is 0.0412. The number of alkyl halides is 3. The van der Waals surface area contributed by atoms with Crippen LogP contribution in [-0.4, -0.2) is 17.3 Å². The van der Waals surface area contributed by atoms with Crippen LogP contribution in [0.2, 0.25) is 0 Å². The number of aliphatic carboxylic acids is 1. The molecule has 1 N–H and O–H groups in total. The molecular weight excluding hydrogens is 173 g/mol. The van der Waals surface area contributed by atoms with E-state index in [0.717, 1.165) is 0 Å². The fourth-order valence-electron chi connectivity index (χ4n) is 1.50. The molecule has 0 aromatic heterocycles. The minimum Gasteiger partial charge on any atom is -0.481 e. The van der Waals surface area contributed by atoms with Gasteiger partial charge in [0.1, 0.15) is 0 Å². The van der Waals surface area contributed by atoms with Gasteiger partial charge in [0.2, 0.25) is 0 Å². The number of halogens is 3. The molecule has 70 valence electrons. The molecular formula is C7H9F3O2. The fourth-order valence-corrected chi connectivity index (χ4v) is 1.50. The van der Waals surface area contributed by atoms with Crippen LogP contribution < -0.4 is 0 Å². The third-order valence-electron chi connectivity index (χ3n) is 2.24. The Labute approximate surface area is 67.4 Å². The zero-order valence-electron chi connectivity index (χ0n) is 6.27. The van der Waals surface area contributed by atoms with Crippen LogP contribution in [0.1, 0.15) is 19.3 Å². The van der Waals surface area contributed by atoms with E-state index in [1.165, 1.54) is 0 Å². The Kier molecular flexibility index (Phi) is 2.30. The van der Waals surface area contributed by atoms with Gasteiger partial charge in [0.05, 0.1) is 11.8 Å². The topological polar surface area (TPSA) is 37.3 Å². The first-order chi connectivity index (χ1) is 5.41. The summed E-state index contributed by atoms with van der Waals surface area (Å²) in [5.74, 6) is -3.31. The Bertz CT molecular complexity index is 188. The summed E-state index contributed by atoms with van der Waals surface area (Å²) in [6, 6.07) is 0. The van der Waals surface area contributed by atoms with Crippen LogP contribution in [0.15, 0.2) is 0 Å². The first-order valence-electron chi connectivity index (χ1n) is 3.71. The molecule has 0 spiro atoms. The van der Waals surface area contributed by atoms with Gasteiger partial charge in [-0.15, -0.1) is 0 Å². The number of carboxylic acids is 1. The van der Waals surface area contributed by atoms with Crippen molar-refractivity contribution < 1.29 is 23.1 Å². The van der Waals surface area contributed by atoms with Crippen molar-refractivity contribution in [3.8, 4) is 0 Å². The summed E-state index contributed by atoms with van der Waals surface area (Å²) in [4.78, 5) is 10.3. The van der Waals surface area contributed by atoms with Crippen molar-refractivity contribution in [1.82, 2.24) is 0 Å². The maximum atomic E-state index is 12.0. The highest BCUT2D eigenvalue weighted by molar-refractivity contribution is 5.70. The van der Waals surface area contributed by atoms with Gasteiger partial charge < -0.3 is 5.11 Å². The Morgan fingerprint density at radius 1 is 1.33 bits per heavy atom. The molecule has 2 nitrogen and oxygen atoms in total.